The second-order valence-corrected chi connectivity index (χ2v) is 10.3. The fourth-order valence-corrected chi connectivity index (χ4v) is 5.00. The Balaban J connectivity index is 1.38. The summed E-state index contributed by atoms with van der Waals surface area (Å²) in [5.74, 6) is 5.87. The van der Waals surface area contributed by atoms with Crippen LogP contribution in [-0.4, -0.2) is 53.9 Å². The molecule has 210 valence electrons. The number of likely N-dealkylation sites (N-methyl/N-ethyl adjacent to an activating group) is 1. The van der Waals surface area contributed by atoms with E-state index >= 15 is 0 Å². The number of amides is 1. The minimum atomic E-state index is -4.54. The van der Waals surface area contributed by atoms with Gasteiger partial charge in [-0.1, -0.05) is 55.2 Å². The highest BCUT2D eigenvalue weighted by Gasteiger charge is 2.34. The Morgan fingerprint density at radius 2 is 1.66 bits per heavy atom. The van der Waals surface area contributed by atoms with Crippen LogP contribution in [0.1, 0.15) is 45.1 Å². The monoisotopic (exact) mass is 556 g/mol. The molecular formula is C33H31F3N4O. The van der Waals surface area contributed by atoms with Crippen LogP contribution in [-0.2, 0) is 19.1 Å². The first-order chi connectivity index (χ1) is 19.7. The maximum Gasteiger partial charge on any atom is 0.416 e. The summed E-state index contributed by atoms with van der Waals surface area (Å²) in [6.45, 7) is 5.27. The molecule has 0 bridgehead atoms. The number of hydrogen-bond acceptors (Lipinski definition) is 4. The molecule has 0 saturated carbocycles. The van der Waals surface area contributed by atoms with Gasteiger partial charge in [-0.2, -0.15) is 13.2 Å². The number of anilines is 1. The van der Waals surface area contributed by atoms with Gasteiger partial charge < -0.3 is 10.2 Å². The Bertz CT molecular complexity index is 1620. The second kappa shape index (κ2) is 12.1. The van der Waals surface area contributed by atoms with Crippen LogP contribution in [0.4, 0.5) is 18.9 Å². The molecular weight excluding hydrogens is 525 g/mol. The van der Waals surface area contributed by atoms with Crippen molar-refractivity contribution in [3.05, 3.63) is 106 Å². The Morgan fingerprint density at radius 3 is 2.41 bits per heavy atom. The zero-order chi connectivity index (χ0) is 29.0. The summed E-state index contributed by atoms with van der Waals surface area (Å²) in [6, 6.07) is 17.1. The lowest BCUT2D eigenvalue weighted by Gasteiger charge is -2.33. The van der Waals surface area contributed by atoms with E-state index < -0.39 is 17.6 Å². The van der Waals surface area contributed by atoms with E-state index in [0.29, 0.717) is 30.6 Å². The van der Waals surface area contributed by atoms with Crippen LogP contribution < -0.4 is 5.32 Å². The molecule has 1 amide bonds. The van der Waals surface area contributed by atoms with Crippen LogP contribution in [0.3, 0.4) is 0 Å². The second-order valence-electron chi connectivity index (χ2n) is 10.3. The molecule has 3 aromatic carbocycles. The molecule has 1 aliphatic heterocycles. The summed E-state index contributed by atoms with van der Waals surface area (Å²) < 4.78 is 42.0. The molecule has 5 rings (SSSR count). The number of alkyl halides is 3. The number of halogens is 3. The summed E-state index contributed by atoms with van der Waals surface area (Å²) >= 11 is 0. The van der Waals surface area contributed by atoms with Gasteiger partial charge in [0.15, 0.2) is 0 Å². The van der Waals surface area contributed by atoms with Gasteiger partial charge in [0, 0.05) is 72.7 Å². The van der Waals surface area contributed by atoms with E-state index in [1.165, 1.54) is 12.1 Å². The number of hydrogen-bond donors (Lipinski definition) is 1. The lowest BCUT2D eigenvalue weighted by atomic mass is 10.0. The molecule has 0 unspecified atom stereocenters. The van der Waals surface area contributed by atoms with Crippen molar-refractivity contribution < 1.29 is 18.0 Å². The molecule has 4 aromatic rings. The molecule has 1 aliphatic rings. The van der Waals surface area contributed by atoms with Crippen molar-refractivity contribution >= 4 is 22.4 Å². The van der Waals surface area contributed by atoms with Gasteiger partial charge in [0.05, 0.1) is 11.1 Å². The maximum absolute atomic E-state index is 14.0. The fourth-order valence-electron chi connectivity index (χ4n) is 5.00. The number of nitrogens with zero attached hydrogens (tertiary/aromatic N) is 3. The Kier molecular flexibility index (Phi) is 8.39. The van der Waals surface area contributed by atoms with Gasteiger partial charge in [-0.15, -0.1) is 0 Å². The highest BCUT2D eigenvalue weighted by Crippen LogP contribution is 2.35. The van der Waals surface area contributed by atoms with Gasteiger partial charge in [-0.3, -0.25) is 14.7 Å². The van der Waals surface area contributed by atoms with Crippen molar-refractivity contribution in [3.63, 3.8) is 0 Å². The van der Waals surface area contributed by atoms with Gasteiger partial charge >= 0.3 is 6.18 Å². The third-order valence-electron chi connectivity index (χ3n) is 7.42. The van der Waals surface area contributed by atoms with Gasteiger partial charge in [0.25, 0.3) is 5.91 Å². The van der Waals surface area contributed by atoms with Crippen LogP contribution >= 0.6 is 0 Å². The Hall–Kier alpha value is -4.19. The van der Waals surface area contributed by atoms with Crippen molar-refractivity contribution in [1.82, 2.24) is 14.8 Å². The molecule has 1 N–H and O–H groups in total. The smallest absolute Gasteiger partial charge is 0.322 e. The number of fused-ring (bicyclic) bond motifs is 1. The van der Waals surface area contributed by atoms with Crippen LogP contribution in [0.5, 0.6) is 0 Å². The third kappa shape index (κ3) is 6.76. The van der Waals surface area contributed by atoms with E-state index in [9.17, 15) is 18.0 Å². The molecule has 1 aromatic heterocycles. The lowest BCUT2D eigenvalue weighted by molar-refractivity contribution is -0.138. The molecule has 0 radical (unpaired) electrons. The maximum atomic E-state index is 14.0. The van der Waals surface area contributed by atoms with E-state index in [1.54, 1.807) is 24.5 Å². The number of benzene rings is 3. The van der Waals surface area contributed by atoms with Crippen molar-refractivity contribution in [2.75, 3.05) is 38.5 Å². The molecule has 1 fully saturated rings. The van der Waals surface area contributed by atoms with Crippen LogP contribution in [0.25, 0.3) is 10.8 Å². The first kappa shape index (κ1) is 28.3. The van der Waals surface area contributed by atoms with Gasteiger partial charge in [-0.05, 0) is 48.9 Å². The summed E-state index contributed by atoms with van der Waals surface area (Å²) in [6.07, 6.45) is -0.330. The molecule has 1 saturated heterocycles. The van der Waals surface area contributed by atoms with Crippen LogP contribution in [0, 0.1) is 11.8 Å². The Morgan fingerprint density at radius 1 is 0.927 bits per heavy atom. The predicted octanol–water partition coefficient (Wildman–Crippen LogP) is 6.22. The summed E-state index contributed by atoms with van der Waals surface area (Å²) in [5.41, 5.74) is 2.31. The molecule has 0 atom stereocenters. The largest absolute Gasteiger partial charge is 0.416 e. The van der Waals surface area contributed by atoms with E-state index in [2.05, 4.69) is 27.0 Å². The Labute approximate surface area is 238 Å². The van der Waals surface area contributed by atoms with Crippen LogP contribution in [0.15, 0.2) is 73.1 Å². The first-order valence-electron chi connectivity index (χ1n) is 13.6. The van der Waals surface area contributed by atoms with E-state index in [-0.39, 0.29) is 17.8 Å². The standard InChI is InChI=1S/C33H31F3N4O/c1-3-23-8-10-25(18-24(23)9-11-27-21-37-20-26-6-4-5-7-30(26)27)32(41)38-29-13-12-28(31(19-29)33(34,35)36)22-40-16-14-39(2)15-17-40/h4-8,10,12-13,18-21H,3,14-17,22H2,1-2H3,(H,38,41). The molecule has 8 heteroatoms. The van der Waals surface area contributed by atoms with E-state index in [4.69, 9.17) is 0 Å². The molecule has 2 heterocycles. The zero-order valence-electron chi connectivity index (χ0n) is 23.1. The van der Waals surface area contributed by atoms with Gasteiger partial charge in [0.2, 0.25) is 0 Å². The molecule has 0 aliphatic carbocycles. The van der Waals surface area contributed by atoms with Gasteiger partial charge in [-0.25, -0.2) is 0 Å². The normalized spacial score (nSPS) is 14.5. The number of aryl methyl sites for hydroxylation is 1. The molecule has 5 nitrogen and oxygen atoms in total. The predicted molar refractivity (Wildman–Crippen MR) is 156 cm³/mol. The molecule has 41 heavy (non-hydrogen) atoms. The number of carbonyl (C=O) groups is 1. The number of aromatic nitrogens is 1. The zero-order valence-corrected chi connectivity index (χ0v) is 23.1. The highest BCUT2D eigenvalue weighted by molar-refractivity contribution is 6.04. The van der Waals surface area contributed by atoms with Crippen molar-refractivity contribution in [2.24, 2.45) is 0 Å². The minimum Gasteiger partial charge on any atom is -0.322 e. The first-order valence-corrected chi connectivity index (χ1v) is 13.6. The average Bonchev–Trinajstić information content (AvgIpc) is 2.97. The number of piperazine rings is 1. The van der Waals surface area contributed by atoms with Gasteiger partial charge in [0.1, 0.15) is 0 Å². The molecule has 0 spiro atoms. The highest BCUT2D eigenvalue weighted by atomic mass is 19.4. The van der Waals surface area contributed by atoms with Crippen molar-refractivity contribution in [2.45, 2.75) is 26.1 Å². The summed E-state index contributed by atoms with van der Waals surface area (Å²) in [4.78, 5) is 21.6. The number of nitrogens with one attached hydrogen (secondary N) is 1. The minimum absolute atomic E-state index is 0.0958. The van der Waals surface area contributed by atoms with E-state index in [1.807, 2.05) is 49.2 Å². The van der Waals surface area contributed by atoms with Crippen LogP contribution in [0.2, 0.25) is 0 Å². The topological polar surface area (TPSA) is 48.5 Å². The summed E-state index contributed by atoms with van der Waals surface area (Å²) in [7, 11) is 2.00. The number of pyridine rings is 1. The average molecular weight is 557 g/mol. The fraction of sp³-hybridized carbons (Fsp3) is 0.273. The third-order valence-corrected chi connectivity index (χ3v) is 7.42. The van der Waals surface area contributed by atoms with Crippen molar-refractivity contribution in [3.8, 4) is 11.8 Å². The van der Waals surface area contributed by atoms with E-state index in [0.717, 1.165) is 41.1 Å². The van der Waals surface area contributed by atoms with Crippen molar-refractivity contribution in [1.29, 1.82) is 0 Å². The SMILES string of the molecule is CCc1ccc(C(=O)Nc2ccc(CN3CCN(C)CC3)c(C(F)(F)F)c2)cc1C#Cc1cncc2ccccc12. The summed E-state index contributed by atoms with van der Waals surface area (Å²) in [5, 5.41) is 4.62. The number of carbonyl (C=O) groups excluding carboxylic acids is 1. The quantitative estimate of drug-likeness (QED) is 0.297. The number of rotatable bonds is 5. The lowest BCUT2D eigenvalue weighted by Crippen LogP contribution is -2.44.